The van der Waals surface area contributed by atoms with Crippen molar-refractivity contribution >= 4 is 21.6 Å². The third-order valence-electron chi connectivity index (χ3n) is 2.17. The minimum absolute atomic E-state index is 0.591. The normalized spacial score (nSPS) is 12.2. The van der Waals surface area contributed by atoms with E-state index in [0.717, 1.165) is 25.1 Å². The number of alkyl halides is 1. The molecule has 84 valence electrons. The minimum Gasteiger partial charge on any atom is -0.481 e. The molecule has 0 fully saturated rings. The number of aromatic nitrogens is 1. The van der Waals surface area contributed by atoms with Gasteiger partial charge in [-0.1, -0.05) is 22.9 Å². The van der Waals surface area contributed by atoms with E-state index in [2.05, 4.69) is 33.2 Å². The van der Waals surface area contributed by atoms with Crippen LogP contribution in [0.25, 0.3) is 0 Å². The van der Waals surface area contributed by atoms with Crippen molar-refractivity contribution in [2.75, 3.05) is 19.0 Å². The summed E-state index contributed by atoms with van der Waals surface area (Å²) in [6.07, 6.45) is 4.01. The molecule has 0 radical (unpaired) electrons. The molecule has 0 spiro atoms. The Balaban J connectivity index is 2.37. The van der Waals surface area contributed by atoms with Crippen LogP contribution in [0.2, 0.25) is 0 Å². The van der Waals surface area contributed by atoms with Crippen LogP contribution in [0, 0.1) is 0 Å². The van der Waals surface area contributed by atoms with Crippen LogP contribution >= 0.6 is 15.9 Å². The van der Waals surface area contributed by atoms with Crippen LogP contribution in [0.3, 0.4) is 0 Å². The van der Waals surface area contributed by atoms with Crippen LogP contribution in [0.15, 0.2) is 18.3 Å². The second-order valence-electron chi connectivity index (χ2n) is 3.31. The van der Waals surface area contributed by atoms with E-state index in [0.29, 0.717) is 10.7 Å². The Hall–Kier alpha value is -0.770. The Morgan fingerprint density at radius 2 is 2.40 bits per heavy atom. The first-order chi connectivity index (χ1) is 7.26. The van der Waals surface area contributed by atoms with Gasteiger partial charge < -0.3 is 10.1 Å². The van der Waals surface area contributed by atoms with Crippen LogP contribution in [0.4, 0.5) is 5.69 Å². The summed E-state index contributed by atoms with van der Waals surface area (Å²) < 4.78 is 5.04. The number of nitrogens with one attached hydrogen (secondary N) is 1. The summed E-state index contributed by atoms with van der Waals surface area (Å²) in [5.41, 5.74) is 1.05. The standard InChI is InChI=1S/C11H17BrN2O/c1-3-9(12)4-6-13-10-5-7-14-11(8-10)15-2/h5,7-9H,3-4,6H2,1-2H3,(H,13,14). The van der Waals surface area contributed by atoms with Crippen LogP contribution in [-0.4, -0.2) is 23.5 Å². The monoisotopic (exact) mass is 272 g/mol. The SMILES string of the molecule is CCC(Br)CCNc1ccnc(OC)c1. The Morgan fingerprint density at radius 3 is 3.07 bits per heavy atom. The maximum Gasteiger partial charge on any atom is 0.214 e. The van der Waals surface area contributed by atoms with Gasteiger partial charge >= 0.3 is 0 Å². The molecule has 1 aromatic rings. The van der Waals surface area contributed by atoms with Crippen molar-refractivity contribution in [3.05, 3.63) is 18.3 Å². The molecule has 0 saturated heterocycles. The Labute approximate surface area is 99.4 Å². The molecule has 15 heavy (non-hydrogen) atoms. The number of methoxy groups -OCH3 is 1. The Morgan fingerprint density at radius 1 is 1.60 bits per heavy atom. The van der Waals surface area contributed by atoms with Gasteiger partial charge in [-0.15, -0.1) is 0 Å². The highest BCUT2D eigenvalue weighted by molar-refractivity contribution is 9.09. The summed E-state index contributed by atoms with van der Waals surface area (Å²) >= 11 is 3.60. The zero-order valence-electron chi connectivity index (χ0n) is 9.16. The lowest BCUT2D eigenvalue weighted by Crippen LogP contribution is -2.07. The van der Waals surface area contributed by atoms with Crippen molar-refractivity contribution in [2.24, 2.45) is 0 Å². The fourth-order valence-electron chi connectivity index (χ4n) is 1.21. The van der Waals surface area contributed by atoms with Crippen LogP contribution < -0.4 is 10.1 Å². The Kier molecular flexibility index (Phi) is 5.47. The van der Waals surface area contributed by atoms with Gasteiger partial charge in [0, 0.05) is 29.3 Å². The van der Waals surface area contributed by atoms with E-state index in [1.807, 2.05) is 12.1 Å². The second kappa shape index (κ2) is 6.67. The summed E-state index contributed by atoms with van der Waals surface area (Å²) in [6.45, 7) is 3.13. The van der Waals surface area contributed by atoms with E-state index >= 15 is 0 Å². The molecule has 4 heteroatoms. The lowest BCUT2D eigenvalue weighted by molar-refractivity contribution is 0.398. The predicted molar refractivity (Wildman–Crippen MR) is 66.9 cm³/mol. The van der Waals surface area contributed by atoms with Crippen LogP contribution in [-0.2, 0) is 0 Å². The van der Waals surface area contributed by atoms with E-state index in [1.165, 1.54) is 0 Å². The molecule has 0 amide bonds. The molecular formula is C11H17BrN2O. The van der Waals surface area contributed by atoms with Crippen molar-refractivity contribution in [3.8, 4) is 5.88 Å². The average molecular weight is 273 g/mol. The molecule has 0 aliphatic rings. The number of anilines is 1. The fraction of sp³-hybridized carbons (Fsp3) is 0.545. The van der Waals surface area contributed by atoms with Gasteiger partial charge in [-0.05, 0) is 18.9 Å². The Bertz CT molecular complexity index is 294. The minimum atomic E-state index is 0.591. The predicted octanol–water partition coefficient (Wildman–Crippen LogP) is 3.07. The molecule has 0 bridgehead atoms. The number of halogens is 1. The molecule has 0 aliphatic carbocycles. The molecule has 3 nitrogen and oxygen atoms in total. The highest BCUT2D eigenvalue weighted by Crippen LogP contribution is 2.14. The highest BCUT2D eigenvalue weighted by atomic mass is 79.9. The van der Waals surface area contributed by atoms with Crippen molar-refractivity contribution in [2.45, 2.75) is 24.6 Å². The van der Waals surface area contributed by atoms with E-state index < -0.39 is 0 Å². The molecule has 1 unspecified atom stereocenters. The molecule has 1 atom stereocenters. The van der Waals surface area contributed by atoms with Crippen molar-refractivity contribution in [1.29, 1.82) is 0 Å². The first-order valence-electron chi connectivity index (χ1n) is 5.14. The summed E-state index contributed by atoms with van der Waals surface area (Å²) in [6, 6.07) is 3.84. The van der Waals surface area contributed by atoms with E-state index in [4.69, 9.17) is 4.74 Å². The summed E-state index contributed by atoms with van der Waals surface area (Å²) in [5, 5.41) is 3.33. The van der Waals surface area contributed by atoms with Crippen molar-refractivity contribution in [3.63, 3.8) is 0 Å². The summed E-state index contributed by atoms with van der Waals surface area (Å²) in [4.78, 5) is 4.64. The van der Waals surface area contributed by atoms with E-state index in [-0.39, 0.29) is 0 Å². The zero-order chi connectivity index (χ0) is 11.1. The topological polar surface area (TPSA) is 34.2 Å². The lowest BCUT2D eigenvalue weighted by Gasteiger charge is -2.09. The first-order valence-corrected chi connectivity index (χ1v) is 6.05. The maximum atomic E-state index is 5.04. The van der Waals surface area contributed by atoms with Crippen molar-refractivity contribution in [1.82, 2.24) is 4.98 Å². The second-order valence-corrected chi connectivity index (χ2v) is 4.60. The van der Waals surface area contributed by atoms with Crippen LogP contribution in [0.1, 0.15) is 19.8 Å². The molecule has 0 saturated carbocycles. The van der Waals surface area contributed by atoms with Gasteiger partial charge in [0.1, 0.15) is 0 Å². The van der Waals surface area contributed by atoms with Gasteiger partial charge in [0.25, 0.3) is 0 Å². The van der Waals surface area contributed by atoms with E-state index in [9.17, 15) is 0 Å². The maximum absolute atomic E-state index is 5.04. The van der Waals surface area contributed by atoms with Gasteiger partial charge in [-0.25, -0.2) is 4.98 Å². The van der Waals surface area contributed by atoms with Gasteiger partial charge in [0.15, 0.2) is 0 Å². The zero-order valence-corrected chi connectivity index (χ0v) is 10.8. The molecule has 1 rings (SSSR count). The summed E-state index contributed by atoms with van der Waals surface area (Å²) in [7, 11) is 1.62. The number of ether oxygens (including phenoxy) is 1. The van der Waals surface area contributed by atoms with E-state index in [1.54, 1.807) is 13.3 Å². The number of pyridine rings is 1. The number of nitrogens with zero attached hydrogens (tertiary/aromatic N) is 1. The highest BCUT2D eigenvalue weighted by Gasteiger charge is 2.00. The summed E-state index contributed by atoms with van der Waals surface area (Å²) in [5.74, 6) is 0.644. The number of rotatable bonds is 6. The van der Waals surface area contributed by atoms with Crippen molar-refractivity contribution < 1.29 is 4.74 Å². The fourth-order valence-corrected chi connectivity index (χ4v) is 1.44. The van der Waals surface area contributed by atoms with Gasteiger partial charge in [-0.2, -0.15) is 0 Å². The van der Waals surface area contributed by atoms with Gasteiger partial charge in [0.2, 0.25) is 5.88 Å². The number of hydrogen-bond acceptors (Lipinski definition) is 3. The third kappa shape index (κ3) is 4.51. The molecule has 1 heterocycles. The average Bonchev–Trinajstić information content (AvgIpc) is 2.29. The largest absolute Gasteiger partial charge is 0.481 e. The van der Waals surface area contributed by atoms with Gasteiger partial charge in [-0.3, -0.25) is 0 Å². The molecular weight excluding hydrogens is 256 g/mol. The smallest absolute Gasteiger partial charge is 0.214 e. The quantitative estimate of drug-likeness (QED) is 0.809. The first kappa shape index (κ1) is 12.3. The molecule has 0 aromatic carbocycles. The number of hydrogen-bond donors (Lipinski definition) is 1. The molecule has 0 aliphatic heterocycles. The van der Waals surface area contributed by atoms with Crippen LogP contribution in [0.5, 0.6) is 5.88 Å². The van der Waals surface area contributed by atoms with Gasteiger partial charge in [0.05, 0.1) is 7.11 Å². The lowest BCUT2D eigenvalue weighted by atomic mass is 10.2. The third-order valence-corrected chi connectivity index (χ3v) is 3.28. The molecule has 1 N–H and O–H groups in total. The molecule has 1 aromatic heterocycles.